The second kappa shape index (κ2) is 6.21. The molecule has 0 radical (unpaired) electrons. The first-order chi connectivity index (χ1) is 12.5. The monoisotopic (exact) mass is 354 g/mol. The van der Waals surface area contributed by atoms with Crippen LogP contribution in [0.3, 0.4) is 0 Å². The number of nitrogens with one attached hydrogen (secondary N) is 2. The average Bonchev–Trinajstić information content (AvgIpc) is 3.19. The molecule has 26 heavy (non-hydrogen) atoms. The fraction of sp³-hybridized carbons (Fsp3) is 0.278. The summed E-state index contributed by atoms with van der Waals surface area (Å²) in [5.74, 6) is 1.96. The summed E-state index contributed by atoms with van der Waals surface area (Å²) >= 11 is 0. The highest BCUT2D eigenvalue weighted by molar-refractivity contribution is 6.03. The van der Waals surface area contributed by atoms with Crippen molar-refractivity contribution in [2.45, 2.75) is 13.3 Å². The number of anilines is 2. The largest absolute Gasteiger partial charge is 0.454 e. The summed E-state index contributed by atoms with van der Waals surface area (Å²) in [4.78, 5) is 24.1. The van der Waals surface area contributed by atoms with E-state index in [4.69, 9.17) is 9.47 Å². The third-order valence-electron chi connectivity index (χ3n) is 4.41. The third-order valence-corrected chi connectivity index (χ3v) is 4.41. The fourth-order valence-electron chi connectivity index (χ4n) is 3.00. The van der Waals surface area contributed by atoms with Crippen LogP contribution in [-0.2, 0) is 23.1 Å². The standard InChI is InChI=1S/C18H18N4O4/c1-10-7-12-16(21-22(2)17(12)20-18(10)24)19-15(23)6-4-11-3-5-13-14(8-11)26-9-25-13/h3-6,8,10H,7,9H2,1-2H3,(H,20,24)(H,19,21,23)/b6-4-/t10-/m0/s1. The lowest BCUT2D eigenvalue weighted by atomic mass is 9.98. The summed E-state index contributed by atoms with van der Waals surface area (Å²) < 4.78 is 12.2. The van der Waals surface area contributed by atoms with Crippen molar-refractivity contribution in [2.75, 3.05) is 17.4 Å². The lowest BCUT2D eigenvalue weighted by Crippen LogP contribution is -2.28. The van der Waals surface area contributed by atoms with E-state index in [0.29, 0.717) is 29.6 Å². The van der Waals surface area contributed by atoms with Crippen LogP contribution in [0.5, 0.6) is 11.5 Å². The molecule has 0 saturated heterocycles. The Bertz CT molecular complexity index is 932. The number of aromatic nitrogens is 2. The van der Waals surface area contributed by atoms with Gasteiger partial charge in [-0.2, -0.15) is 5.10 Å². The number of ether oxygens (including phenoxy) is 2. The van der Waals surface area contributed by atoms with Gasteiger partial charge in [0, 0.05) is 24.6 Å². The van der Waals surface area contributed by atoms with Gasteiger partial charge in [0.25, 0.3) is 0 Å². The Morgan fingerprint density at radius 1 is 1.38 bits per heavy atom. The predicted octanol–water partition coefficient (Wildman–Crippen LogP) is 1.93. The zero-order chi connectivity index (χ0) is 18.3. The smallest absolute Gasteiger partial charge is 0.249 e. The van der Waals surface area contributed by atoms with E-state index >= 15 is 0 Å². The van der Waals surface area contributed by atoms with Gasteiger partial charge in [-0.15, -0.1) is 0 Å². The van der Waals surface area contributed by atoms with Gasteiger partial charge in [-0.3, -0.25) is 14.3 Å². The van der Waals surface area contributed by atoms with Crippen LogP contribution in [0.15, 0.2) is 24.3 Å². The number of nitrogens with zero attached hydrogens (tertiary/aromatic N) is 2. The second-order valence-electron chi connectivity index (χ2n) is 6.33. The SMILES string of the molecule is C[C@H]1Cc2c(NC(=O)/C=C\c3ccc4c(c3)OCO4)nn(C)c2NC1=O. The maximum atomic E-state index is 12.3. The summed E-state index contributed by atoms with van der Waals surface area (Å²) in [6.45, 7) is 2.05. The first kappa shape index (κ1) is 16.2. The first-order valence-electron chi connectivity index (χ1n) is 8.26. The van der Waals surface area contributed by atoms with Gasteiger partial charge < -0.3 is 20.1 Å². The Balaban J connectivity index is 1.49. The van der Waals surface area contributed by atoms with Crippen molar-refractivity contribution in [3.8, 4) is 11.5 Å². The molecule has 2 aliphatic heterocycles. The van der Waals surface area contributed by atoms with Crippen molar-refractivity contribution < 1.29 is 19.1 Å². The summed E-state index contributed by atoms with van der Waals surface area (Å²) in [5, 5.41) is 9.91. The minimum absolute atomic E-state index is 0.0407. The van der Waals surface area contributed by atoms with Crippen molar-refractivity contribution >= 4 is 29.5 Å². The Kier molecular flexibility index (Phi) is 3.87. The van der Waals surface area contributed by atoms with Crippen molar-refractivity contribution in [2.24, 2.45) is 13.0 Å². The van der Waals surface area contributed by atoms with Gasteiger partial charge in [0.15, 0.2) is 17.3 Å². The molecular weight excluding hydrogens is 336 g/mol. The van der Waals surface area contributed by atoms with Crippen molar-refractivity contribution in [1.82, 2.24) is 9.78 Å². The molecule has 1 aromatic carbocycles. The maximum absolute atomic E-state index is 12.3. The molecule has 2 aliphatic rings. The molecule has 0 spiro atoms. The van der Waals surface area contributed by atoms with Crippen molar-refractivity contribution in [1.29, 1.82) is 0 Å². The molecule has 134 valence electrons. The number of fused-ring (bicyclic) bond motifs is 2. The minimum Gasteiger partial charge on any atom is -0.454 e. The number of hydrogen-bond donors (Lipinski definition) is 2. The van der Waals surface area contributed by atoms with Crippen LogP contribution in [0.4, 0.5) is 11.6 Å². The number of rotatable bonds is 3. The highest BCUT2D eigenvalue weighted by Gasteiger charge is 2.28. The highest BCUT2D eigenvalue weighted by atomic mass is 16.7. The van der Waals surface area contributed by atoms with Crippen LogP contribution >= 0.6 is 0 Å². The van der Waals surface area contributed by atoms with Gasteiger partial charge >= 0.3 is 0 Å². The van der Waals surface area contributed by atoms with Gasteiger partial charge in [0.1, 0.15) is 5.82 Å². The van der Waals surface area contributed by atoms with E-state index in [1.807, 2.05) is 19.1 Å². The molecule has 0 aliphatic carbocycles. The Hall–Kier alpha value is -3.29. The number of carbonyl (C=O) groups is 2. The highest BCUT2D eigenvalue weighted by Crippen LogP contribution is 2.33. The predicted molar refractivity (Wildman–Crippen MR) is 94.9 cm³/mol. The lowest BCUT2D eigenvalue weighted by molar-refractivity contribution is -0.119. The molecule has 8 heteroatoms. The van der Waals surface area contributed by atoms with Gasteiger partial charge in [-0.25, -0.2) is 0 Å². The van der Waals surface area contributed by atoms with Gasteiger partial charge in [-0.05, 0) is 30.2 Å². The van der Waals surface area contributed by atoms with E-state index in [0.717, 1.165) is 11.1 Å². The van der Waals surface area contributed by atoms with Crippen LogP contribution in [0, 0.1) is 5.92 Å². The molecule has 0 saturated carbocycles. The zero-order valence-corrected chi connectivity index (χ0v) is 14.4. The van der Waals surface area contributed by atoms with Gasteiger partial charge in [-0.1, -0.05) is 13.0 Å². The fourth-order valence-corrected chi connectivity index (χ4v) is 3.00. The van der Waals surface area contributed by atoms with E-state index < -0.39 is 0 Å². The molecule has 2 amide bonds. The summed E-state index contributed by atoms with van der Waals surface area (Å²) in [6.07, 6.45) is 3.66. The van der Waals surface area contributed by atoms with E-state index in [-0.39, 0.29) is 24.5 Å². The number of amides is 2. The molecule has 2 N–H and O–H groups in total. The van der Waals surface area contributed by atoms with E-state index in [1.54, 1.807) is 23.9 Å². The van der Waals surface area contributed by atoms with Crippen LogP contribution in [0.2, 0.25) is 0 Å². The molecule has 0 unspecified atom stereocenters. The molecule has 1 atom stereocenters. The third kappa shape index (κ3) is 2.90. The van der Waals surface area contributed by atoms with E-state index in [1.165, 1.54) is 6.08 Å². The number of carbonyl (C=O) groups excluding carboxylic acids is 2. The molecule has 3 heterocycles. The van der Waals surface area contributed by atoms with Gasteiger partial charge in [0.2, 0.25) is 18.6 Å². The summed E-state index contributed by atoms with van der Waals surface area (Å²) in [7, 11) is 1.73. The van der Waals surface area contributed by atoms with E-state index in [9.17, 15) is 9.59 Å². The molecule has 2 aromatic rings. The van der Waals surface area contributed by atoms with E-state index in [2.05, 4.69) is 15.7 Å². The number of hydrogen-bond acceptors (Lipinski definition) is 5. The Morgan fingerprint density at radius 2 is 2.19 bits per heavy atom. The number of benzene rings is 1. The van der Waals surface area contributed by atoms with Crippen molar-refractivity contribution in [3.05, 3.63) is 35.4 Å². The molecule has 8 nitrogen and oxygen atoms in total. The normalized spacial score (nSPS) is 17.9. The quantitative estimate of drug-likeness (QED) is 0.822. The zero-order valence-electron chi connectivity index (χ0n) is 14.4. The van der Waals surface area contributed by atoms with Crippen LogP contribution < -0.4 is 20.1 Å². The summed E-state index contributed by atoms with van der Waals surface area (Å²) in [6, 6.07) is 5.46. The maximum Gasteiger partial charge on any atom is 0.249 e. The summed E-state index contributed by atoms with van der Waals surface area (Å²) in [5.41, 5.74) is 1.66. The Labute approximate surface area is 149 Å². The first-order valence-corrected chi connectivity index (χ1v) is 8.26. The second-order valence-corrected chi connectivity index (χ2v) is 6.33. The van der Waals surface area contributed by atoms with Gasteiger partial charge in [0.05, 0.1) is 0 Å². The van der Waals surface area contributed by atoms with Crippen LogP contribution in [0.1, 0.15) is 18.1 Å². The average molecular weight is 354 g/mol. The molecule has 0 fully saturated rings. The van der Waals surface area contributed by atoms with Crippen LogP contribution in [0.25, 0.3) is 6.08 Å². The Morgan fingerprint density at radius 3 is 3.04 bits per heavy atom. The van der Waals surface area contributed by atoms with Crippen molar-refractivity contribution in [3.63, 3.8) is 0 Å². The molecule has 4 rings (SSSR count). The minimum atomic E-state index is -0.298. The lowest BCUT2D eigenvalue weighted by Gasteiger charge is -2.19. The topological polar surface area (TPSA) is 94.5 Å². The molecule has 1 aromatic heterocycles. The van der Waals surface area contributed by atoms with Crippen LogP contribution in [-0.4, -0.2) is 28.4 Å². The molecular formula is C18H18N4O4. The number of aryl methyl sites for hydroxylation is 1. The molecule has 0 bridgehead atoms.